The number of aliphatic hydroxyl groups excluding tert-OH is 1. The summed E-state index contributed by atoms with van der Waals surface area (Å²) in [5.74, 6) is 0.186. The van der Waals surface area contributed by atoms with Crippen LogP contribution in [0, 0.1) is 5.92 Å². The Labute approximate surface area is 121 Å². The maximum absolute atomic E-state index is 12.6. The lowest BCUT2D eigenvalue weighted by Gasteiger charge is -2.36. The summed E-state index contributed by atoms with van der Waals surface area (Å²) < 4.78 is 5.48. The van der Waals surface area contributed by atoms with E-state index in [2.05, 4.69) is 17.1 Å². The molecule has 2 fully saturated rings. The molecule has 20 heavy (non-hydrogen) atoms. The molecule has 0 spiro atoms. The van der Waals surface area contributed by atoms with Crippen LogP contribution in [0.15, 0.2) is 0 Å². The van der Waals surface area contributed by atoms with Gasteiger partial charge in [0.15, 0.2) is 0 Å². The lowest BCUT2D eigenvalue weighted by atomic mass is 10.0. The van der Waals surface area contributed by atoms with Crippen molar-refractivity contribution < 1.29 is 14.6 Å². The second-order valence-electron chi connectivity index (χ2n) is 5.60. The molecule has 0 aliphatic carbocycles. The van der Waals surface area contributed by atoms with Crippen LogP contribution in [-0.2, 0) is 9.53 Å². The van der Waals surface area contributed by atoms with Crippen molar-refractivity contribution >= 4 is 5.91 Å². The summed E-state index contributed by atoms with van der Waals surface area (Å²) in [6.07, 6.45) is 1.07. The Balaban J connectivity index is 1.81. The lowest BCUT2D eigenvalue weighted by molar-refractivity contribution is -0.137. The van der Waals surface area contributed by atoms with Gasteiger partial charge in [-0.1, -0.05) is 6.92 Å². The van der Waals surface area contributed by atoms with Gasteiger partial charge in [0, 0.05) is 38.8 Å². The first-order valence-electron chi connectivity index (χ1n) is 7.69. The topological polar surface area (TPSA) is 65.0 Å². The number of carbonyl (C=O) groups excluding carboxylic acids is 1. The van der Waals surface area contributed by atoms with Crippen LogP contribution >= 0.6 is 0 Å². The summed E-state index contributed by atoms with van der Waals surface area (Å²) in [6.45, 7) is 8.36. The fourth-order valence-corrected chi connectivity index (χ4v) is 2.90. The van der Waals surface area contributed by atoms with E-state index in [1.807, 2.05) is 4.90 Å². The number of aliphatic hydroxyl groups is 1. The highest BCUT2D eigenvalue weighted by Crippen LogP contribution is 2.18. The van der Waals surface area contributed by atoms with Gasteiger partial charge in [-0.3, -0.25) is 9.69 Å². The van der Waals surface area contributed by atoms with Crippen LogP contribution in [0.25, 0.3) is 0 Å². The molecule has 0 radical (unpaired) electrons. The minimum Gasteiger partial charge on any atom is -0.395 e. The predicted octanol–water partition coefficient (Wildman–Crippen LogP) is -0.862. The number of carbonyl (C=O) groups is 1. The van der Waals surface area contributed by atoms with Crippen LogP contribution in [0.5, 0.6) is 0 Å². The van der Waals surface area contributed by atoms with Crippen molar-refractivity contribution in [3.05, 3.63) is 0 Å². The zero-order valence-electron chi connectivity index (χ0n) is 12.4. The summed E-state index contributed by atoms with van der Waals surface area (Å²) in [5, 5.41) is 12.4. The molecule has 2 aliphatic heterocycles. The van der Waals surface area contributed by atoms with Crippen molar-refractivity contribution in [2.45, 2.75) is 19.4 Å². The Morgan fingerprint density at radius 1 is 1.30 bits per heavy atom. The first-order valence-corrected chi connectivity index (χ1v) is 7.69. The van der Waals surface area contributed by atoms with Crippen molar-refractivity contribution in [3.63, 3.8) is 0 Å². The summed E-state index contributed by atoms with van der Waals surface area (Å²) in [6, 6.07) is 0.165. The van der Waals surface area contributed by atoms with Crippen LogP contribution in [0.3, 0.4) is 0 Å². The summed E-state index contributed by atoms with van der Waals surface area (Å²) >= 11 is 0. The fraction of sp³-hybridized carbons (Fsp3) is 0.929. The average Bonchev–Trinajstić information content (AvgIpc) is 2.94. The standard InChI is InChI=1S/C14H27N3O3/c1-2-3-15-13-11-20-10-12(13)14(19)17-6-4-16(5-7-17)8-9-18/h12-13,15,18H,2-11H2,1H3. The number of piperazine rings is 1. The third-order valence-electron chi connectivity index (χ3n) is 4.15. The van der Waals surface area contributed by atoms with E-state index in [0.717, 1.165) is 39.1 Å². The van der Waals surface area contributed by atoms with Crippen molar-refractivity contribution in [3.8, 4) is 0 Å². The summed E-state index contributed by atoms with van der Waals surface area (Å²) in [4.78, 5) is 16.7. The van der Waals surface area contributed by atoms with Gasteiger partial charge < -0.3 is 20.1 Å². The number of nitrogens with one attached hydrogen (secondary N) is 1. The fourth-order valence-electron chi connectivity index (χ4n) is 2.90. The van der Waals surface area contributed by atoms with E-state index in [0.29, 0.717) is 19.8 Å². The highest BCUT2D eigenvalue weighted by molar-refractivity contribution is 5.80. The second-order valence-corrected chi connectivity index (χ2v) is 5.60. The number of β-amino-alcohol motifs (C(OH)–C–C–N with tert-alkyl or cyclic N) is 1. The highest BCUT2D eigenvalue weighted by atomic mass is 16.5. The zero-order chi connectivity index (χ0) is 14.4. The SMILES string of the molecule is CCCNC1COCC1C(=O)N1CCN(CCO)CC1. The molecule has 0 aromatic heterocycles. The largest absolute Gasteiger partial charge is 0.395 e. The first kappa shape index (κ1) is 15.7. The molecule has 6 nitrogen and oxygen atoms in total. The maximum Gasteiger partial charge on any atom is 0.229 e. The third-order valence-corrected chi connectivity index (χ3v) is 4.15. The number of ether oxygens (including phenoxy) is 1. The zero-order valence-corrected chi connectivity index (χ0v) is 12.4. The Morgan fingerprint density at radius 3 is 2.70 bits per heavy atom. The number of amides is 1. The monoisotopic (exact) mass is 285 g/mol. The van der Waals surface area contributed by atoms with Gasteiger partial charge in [0.2, 0.25) is 5.91 Å². The second kappa shape index (κ2) is 7.93. The van der Waals surface area contributed by atoms with Gasteiger partial charge in [-0.05, 0) is 13.0 Å². The molecule has 2 heterocycles. The van der Waals surface area contributed by atoms with Gasteiger partial charge in [0.1, 0.15) is 0 Å². The molecule has 1 amide bonds. The van der Waals surface area contributed by atoms with Crippen LogP contribution < -0.4 is 5.32 Å². The van der Waals surface area contributed by atoms with E-state index >= 15 is 0 Å². The average molecular weight is 285 g/mol. The quantitative estimate of drug-likeness (QED) is 0.665. The van der Waals surface area contributed by atoms with E-state index in [9.17, 15) is 4.79 Å². The van der Waals surface area contributed by atoms with Crippen LogP contribution in [0.2, 0.25) is 0 Å². The molecule has 0 aromatic rings. The van der Waals surface area contributed by atoms with E-state index in [1.165, 1.54) is 0 Å². The van der Waals surface area contributed by atoms with E-state index in [1.54, 1.807) is 0 Å². The van der Waals surface area contributed by atoms with Crippen molar-refractivity contribution in [1.29, 1.82) is 0 Å². The Bertz CT molecular complexity index is 306. The molecule has 2 N–H and O–H groups in total. The minimum atomic E-state index is -0.0362. The van der Waals surface area contributed by atoms with E-state index in [-0.39, 0.29) is 24.5 Å². The maximum atomic E-state index is 12.6. The Hall–Kier alpha value is -0.690. The minimum absolute atomic E-state index is 0.0362. The Kier molecular flexibility index (Phi) is 6.22. The van der Waals surface area contributed by atoms with Gasteiger partial charge in [-0.2, -0.15) is 0 Å². The van der Waals surface area contributed by atoms with Crippen molar-refractivity contribution in [2.24, 2.45) is 5.92 Å². The molecule has 2 rings (SSSR count). The number of nitrogens with zero attached hydrogens (tertiary/aromatic N) is 2. The van der Waals surface area contributed by atoms with Crippen LogP contribution in [0.1, 0.15) is 13.3 Å². The van der Waals surface area contributed by atoms with Gasteiger partial charge in [-0.25, -0.2) is 0 Å². The molecule has 116 valence electrons. The van der Waals surface area contributed by atoms with Gasteiger partial charge in [-0.15, -0.1) is 0 Å². The van der Waals surface area contributed by atoms with Gasteiger partial charge in [0.05, 0.1) is 25.7 Å². The van der Waals surface area contributed by atoms with Gasteiger partial charge in [0.25, 0.3) is 0 Å². The smallest absolute Gasteiger partial charge is 0.229 e. The highest BCUT2D eigenvalue weighted by Gasteiger charge is 2.36. The molecule has 6 heteroatoms. The molecule has 0 bridgehead atoms. The molecular formula is C14H27N3O3. The molecule has 2 aliphatic rings. The number of rotatable bonds is 6. The predicted molar refractivity (Wildman–Crippen MR) is 76.5 cm³/mol. The number of hydrogen-bond donors (Lipinski definition) is 2. The normalized spacial score (nSPS) is 28.0. The van der Waals surface area contributed by atoms with Crippen molar-refractivity contribution in [2.75, 3.05) is 59.1 Å². The summed E-state index contributed by atoms with van der Waals surface area (Å²) in [7, 11) is 0. The first-order chi connectivity index (χ1) is 9.76. The molecule has 2 saturated heterocycles. The van der Waals surface area contributed by atoms with E-state index in [4.69, 9.17) is 9.84 Å². The Morgan fingerprint density at radius 2 is 2.05 bits per heavy atom. The summed E-state index contributed by atoms with van der Waals surface area (Å²) in [5.41, 5.74) is 0. The third kappa shape index (κ3) is 3.91. The molecular weight excluding hydrogens is 258 g/mol. The van der Waals surface area contributed by atoms with E-state index < -0.39 is 0 Å². The molecule has 0 saturated carbocycles. The number of hydrogen-bond acceptors (Lipinski definition) is 5. The molecule has 0 aromatic carbocycles. The molecule has 2 unspecified atom stereocenters. The lowest BCUT2D eigenvalue weighted by Crippen LogP contribution is -2.53. The van der Waals surface area contributed by atoms with Gasteiger partial charge >= 0.3 is 0 Å². The van der Waals surface area contributed by atoms with Crippen molar-refractivity contribution in [1.82, 2.24) is 15.1 Å². The molecule has 2 atom stereocenters. The van der Waals surface area contributed by atoms with Crippen LogP contribution in [0.4, 0.5) is 0 Å². The van der Waals surface area contributed by atoms with Crippen LogP contribution in [-0.4, -0.2) is 85.9 Å².